The first-order chi connectivity index (χ1) is 8.40. The summed E-state index contributed by atoms with van der Waals surface area (Å²) in [6.07, 6.45) is -1.23. The van der Waals surface area contributed by atoms with Crippen molar-refractivity contribution in [3.8, 4) is 0 Å². The van der Waals surface area contributed by atoms with Crippen molar-refractivity contribution in [3.63, 3.8) is 0 Å². The Morgan fingerprint density at radius 2 is 2.11 bits per heavy atom. The van der Waals surface area contributed by atoms with Gasteiger partial charge in [-0.15, -0.1) is 11.6 Å². The van der Waals surface area contributed by atoms with Crippen molar-refractivity contribution in [1.82, 2.24) is 9.97 Å². The minimum Gasteiger partial charge on any atom is -0.329 e. The predicted octanol–water partition coefficient (Wildman–Crippen LogP) is 3.05. The molecule has 1 saturated carbocycles. The zero-order valence-corrected chi connectivity index (χ0v) is 10.6. The van der Waals surface area contributed by atoms with E-state index in [9.17, 15) is 13.2 Å². The van der Waals surface area contributed by atoms with E-state index in [-0.39, 0.29) is 17.9 Å². The van der Waals surface area contributed by atoms with Gasteiger partial charge in [0.1, 0.15) is 6.54 Å². The number of nitrogens with zero attached hydrogens (tertiary/aromatic N) is 3. The molecular formula is C11H13ClF3N3. The van der Waals surface area contributed by atoms with E-state index in [1.54, 1.807) is 6.92 Å². The summed E-state index contributed by atoms with van der Waals surface area (Å²) in [5.74, 6) is 0.399. The summed E-state index contributed by atoms with van der Waals surface area (Å²) in [6, 6.07) is -0.0899. The lowest BCUT2D eigenvalue weighted by Gasteiger charge is -2.24. The largest absolute Gasteiger partial charge is 0.406 e. The van der Waals surface area contributed by atoms with Crippen LogP contribution in [0.2, 0.25) is 0 Å². The molecule has 0 aromatic carbocycles. The van der Waals surface area contributed by atoms with Crippen LogP contribution in [0.4, 0.5) is 19.1 Å². The van der Waals surface area contributed by atoms with Crippen LogP contribution in [0.25, 0.3) is 0 Å². The third kappa shape index (κ3) is 3.25. The van der Waals surface area contributed by atoms with Gasteiger partial charge in [0.25, 0.3) is 0 Å². The maximum atomic E-state index is 12.5. The zero-order chi connectivity index (χ0) is 13.3. The molecule has 0 aliphatic heterocycles. The second-order valence-electron chi connectivity index (χ2n) is 4.39. The van der Waals surface area contributed by atoms with Gasteiger partial charge in [-0.1, -0.05) is 0 Å². The normalized spacial score (nSPS) is 15.8. The fourth-order valence-electron chi connectivity index (χ4n) is 1.69. The highest BCUT2D eigenvalue weighted by Crippen LogP contribution is 2.32. The van der Waals surface area contributed by atoms with Gasteiger partial charge in [0, 0.05) is 23.5 Å². The van der Waals surface area contributed by atoms with Gasteiger partial charge in [0.2, 0.25) is 5.95 Å². The average Bonchev–Trinajstić information content (AvgIpc) is 3.08. The van der Waals surface area contributed by atoms with E-state index < -0.39 is 12.7 Å². The molecule has 7 heteroatoms. The van der Waals surface area contributed by atoms with Crippen molar-refractivity contribution < 1.29 is 13.2 Å². The molecule has 0 unspecified atom stereocenters. The van der Waals surface area contributed by atoms with Crippen LogP contribution >= 0.6 is 11.6 Å². The van der Waals surface area contributed by atoms with Gasteiger partial charge in [0.05, 0.1) is 5.88 Å². The van der Waals surface area contributed by atoms with E-state index in [0.717, 1.165) is 18.4 Å². The van der Waals surface area contributed by atoms with Gasteiger partial charge in [0.15, 0.2) is 0 Å². The Hall–Kier alpha value is -1.04. The maximum Gasteiger partial charge on any atom is 0.406 e. The predicted molar refractivity (Wildman–Crippen MR) is 62.7 cm³/mol. The molecule has 0 radical (unpaired) electrons. The summed E-state index contributed by atoms with van der Waals surface area (Å²) in [5, 5.41) is 0. The molecule has 1 fully saturated rings. The van der Waals surface area contributed by atoms with Crippen molar-refractivity contribution in [3.05, 3.63) is 17.5 Å². The van der Waals surface area contributed by atoms with Gasteiger partial charge < -0.3 is 4.90 Å². The molecule has 18 heavy (non-hydrogen) atoms. The maximum absolute atomic E-state index is 12.5. The summed E-state index contributed by atoms with van der Waals surface area (Å²) in [7, 11) is 0. The third-order valence-corrected chi connectivity index (χ3v) is 3.09. The minimum atomic E-state index is -4.25. The van der Waals surface area contributed by atoms with Crippen LogP contribution in [-0.2, 0) is 5.88 Å². The topological polar surface area (TPSA) is 29.0 Å². The number of anilines is 1. The molecule has 1 aromatic rings. The Labute approximate surface area is 108 Å². The minimum absolute atomic E-state index is 0.0899. The van der Waals surface area contributed by atoms with Gasteiger partial charge >= 0.3 is 6.18 Å². The number of alkyl halides is 4. The van der Waals surface area contributed by atoms with Crippen molar-refractivity contribution in [1.29, 1.82) is 0 Å². The Balaban J connectivity index is 2.23. The number of hydrogen-bond donors (Lipinski definition) is 0. The molecule has 100 valence electrons. The van der Waals surface area contributed by atoms with E-state index in [4.69, 9.17) is 11.6 Å². The lowest BCUT2D eigenvalue weighted by molar-refractivity contribution is -0.120. The van der Waals surface area contributed by atoms with E-state index in [1.807, 2.05) is 0 Å². The van der Waals surface area contributed by atoms with E-state index >= 15 is 0 Å². The number of rotatable bonds is 4. The van der Waals surface area contributed by atoms with Gasteiger partial charge in [-0.05, 0) is 19.8 Å². The third-order valence-electron chi connectivity index (χ3n) is 2.81. The van der Waals surface area contributed by atoms with Crippen LogP contribution in [-0.4, -0.2) is 28.7 Å². The van der Waals surface area contributed by atoms with E-state index in [2.05, 4.69) is 9.97 Å². The first kappa shape index (κ1) is 13.4. The number of hydrogen-bond acceptors (Lipinski definition) is 3. The monoisotopic (exact) mass is 279 g/mol. The molecule has 0 saturated heterocycles. The SMILES string of the molecule is Cc1nc(N(CC(F)(F)F)C2CC2)ncc1CCl. The number of aryl methyl sites for hydroxylation is 1. The molecule has 0 bridgehead atoms. The van der Waals surface area contributed by atoms with Crippen LogP contribution < -0.4 is 4.90 Å². The molecule has 1 aliphatic rings. The average molecular weight is 280 g/mol. The Kier molecular flexibility index (Phi) is 3.66. The Bertz CT molecular complexity index is 432. The molecule has 3 nitrogen and oxygen atoms in total. The highest BCUT2D eigenvalue weighted by Gasteiger charge is 2.39. The van der Waals surface area contributed by atoms with Crippen molar-refractivity contribution in [2.45, 2.75) is 37.9 Å². The smallest absolute Gasteiger partial charge is 0.329 e. The van der Waals surface area contributed by atoms with Crippen molar-refractivity contribution in [2.24, 2.45) is 0 Å². The van der Waals surface area contributed by atoms with Crippen LogP contribution in [0, 0.1) is 6.92 Å². The van der Waals surface area contributed by atoms with E-state index in [1.165, 1.54) is 11.1 Å². The molecular weight excluding hydrogens is 267 g/mol. The Morgan fingerprint density at radius 3 is 2.56 bits per heavy atom. The lowest BCUT2D eigenvalue weighted by atomic mass is 10.3. The van der Waals surface area contributed by atoms with Gasteiger partial charge in [-0.25, -0.2) is 9.97 Å². The first-order valence-corrected chi connectivity index (χ1v) is 6.16. The quantitative estimate of drug-likeness (QED) is 0.793. The zero-order valence-electron chi connectivity index (χ0n) is 9.84. The van der Waals surface area contributed by atoms with Gasteiger partial charge in [-0.3, -0.25) is 0 Å². The molecule has 0 amide bonds. The summed E-state index contributed by atoms with van der Waals surface area (Å²) in [4.78, 5) is 9.33. The molecule has 0 atom stereocenters. The molecule has 1 aromatic heterocycles. The van der Waals surface area contributed by atoms with Crippen LogP contribution in [0.1, 0.15) is 24.1 Å². The summed E-state index contributed by atoms with van der Waals surface area (Å²) < 4.78 is 37.5. The van der Waals surface area contributed by atoms with Crippen molar-refractivity contribution in [2.75, 3.05) is 11.4 Å². The fourth-order valence-corrected chi connectivity index (χ4v) is 1.95. The standard InChI is InChI=1S/C11H13ClF3N3/c1-7-8(4-12)5-16-10(17-7)18(9-2-3-9)6-11(13,14)15/h5,9H,2-4,6H2,1H3. The molecule has 1 heterocycles. The van der Waals surface area contributed by atoms with Crippen LogP contribution in [0.3, 0.4) is 0 Å². The fraction of sp³-hybridized carbons (Fsp3) is 0.636. The number of aromatic nitrogens is 2. The highest BCUT2D eigenvalue weighted by molar-refractivity contribution is 6.17. The molecule has 2 rings (SSSR count). The molecule has 0 N–H and O–H groups in total. The molecule has 1 aliphatic carbocycles. The molecule has 0 spiro atoms. The van der Waals surface area contributed by atoms with Crippen LogP contribution in [0.15, 0.2) is 6.20 Å². The lowest BCUT2D eigenvalue weighted by Crippen LogP contribution is -2.37. The summed E-state index contributed by atoms with van der Waals surface area (Å²) >= 11 is 5.67. The highest BCUT2D eigenvalue weighted by atomic mass is 35.5. The van der Waals surface area contributed by atoms with E-state index in [0.29, 0.717) is 5.69 Å². The second kappa shape index (κ2) is 4.91. The number of halogens is 4. The summed E-state index contributed by atoms with van der Waals surface area (Å²) in [5.41, 5.74) is 1.37. The van der Waals surface area contributed by atoms with Crippen LogP contribution in [0.5, 0.6) is 0 Å². The Morgan fingerprint density at radius 1 is 1.44 bits per heavy atom. The second-order valence-corrected chi connectivity index (χ2v) is 4.66. The first-order valence-electron chi connectivity index (χ1n) is 5.62. The van der Waals surface area contributed by atoms with Crippen molar-refractivity contribution >= 4 is 17.5 Å². The van der Waals surface area contributed by atoms with Gasteiger partial charge in [-0.2, -0.15) is 13.2 Å². The summed E-state index contributed by atoms with van der Waals surface area (Å²) in [6.45, 7) is 0.721.